The molecule has 0 saturated heterocycles. The number of fused-ring (bicyclic) bond motifs is 2. The van der Waals surface area contributed by atoms with Crippen LogP contribution in [-0.2, 0) is 19.0 Å². The molecular weight excluding hydrogens is 456 g/mol. The van der Waals surface area contributed by atoms with Gasteiger partial charge >= 0.3 is 5.97 Å². The number of rotatable bonds is 3. The quantitative estimate of drug-likeness (QED) is 0.426. The standard InChI is InChI=1S/C30H42O6/c1-21-15-16-34-26(19-21)13-14-28(32)29-11-4-7-24(31)18-22(2)17-23(3)20-27-10-5-8-25(35-27)9-6-12-30(33)36-29/h4-8,12-15,23-29,31-32H,2,9-11,16-20H2,1,3H3/b7-4+,12-6-,14-13+/t23?,24?,25-,26?,27?,28?,29?/m0/s1. The van der Waals surface area contributed by atoms with E-state index in [2.05, 4.69) is 26.5 Å². The highest BCUT2D eigenvalue weighted by Crippen LogP contribution is 2.26. The van der Waals surface area contributed by atoms with Gasteiger partial charge in [-0.05, 0) is 51.4 Å². The Labute approximate surface area is 215 Å². The largest absolute Gasteiger partial charge is 0.456 e. The van der Waals surface area contributed by atoms with Crippen LogP contribution in [0.2, 0.25) is 0 Å². The number of cyclic esters (lactones) is 1. The second kappa shape index (κ2) is 14.5. The molecule has 0 saturated carbocycles. The van der Waals surface area contributed by atoms with Gasteiger partial charge in [-0.2, -0.15) is 0 Å². The zero-order chi connectivity index (χ0) is 25.9. The maximum Gasteiger partial charge on any atom is 0.330 e. The minimum absolute atomic E-state index is 0.0795. The number of carbonyl (C=O) groups is 1. The molecule has 0 aromatic heterocycles. The lowest BCUT2D eigenvalue weighted by Crippen LogP contribution is -2.30. The van der Waals surface area contributed by atoms with Gasteiger partial charge < -0.3 is 24.4 Å². The number of ether oxygens (including phenoxy) is 3. The molecule has 0 fully saturated rings. The lowest BCUT2D eigenvalue weighted by Gasteiger charge is -2.28. The second-order valence-corrected chi connectivity index (χ2v) is 10.3. The molecular formula is C30H42O6. The summed E-state index contributed by atoms with van der Waals surface area (Å²) in [7, 11) is 0. The molecule has 0 aliphatic carbocycles. The van der Waals surface area contributed by atoms with Gasteiger partial charge in [0.15, 0.2) is 0 Å². The van der Waals surface area contributed by atoms with Crippen LogP contribution in [0.1, 0.15) is 58.8 Å². The van der Waals surface area contributed by atoms with Crippen LogP contribution in [0.5, 0.6) is 0 Å². The first-order valence-corrected chi connectivity index (χ1v) is 13.1. The van der Waals surface area contributed by atoms with Crippen LogP contribution >= 0.6 is 0 Å². The Kier molecular flexibility index (Phi) is 11.4. The highest BCUT2D eigenvalue weighted by molar-refractivity contribution is 5.82. The van der Waals surface area contributed by atoms with Gasteiger partial charge in [-0.15, -0.1) is 0 Å². The number of aliphatic hydroxyl groups excluding tert-OH is 2. The van der Waals surface area contributed by atoms with E-state index in [1.54, 1.807) is 24.3 Å². The van der Waals surface area contributed by atoms with Crippen LogP contribution in [0.3, 0.4) is 0 Å². The fourth-order valence-electron chi connectivity index (χ4n) is 4.86. The zero-order valence-electron chi connectivity index (χ0n) is 21.6. The molecule has 6 unspecified atom stereocenters. The van der Waals surface area contributed by atoms with Crippen LogP contribution in [0.25, 0.3) is 0 Å². The Morgan fingerprint density at radius 2 is 1.92 bits per heavy atom. The fourth-order valence-corrected chi connectivity index (χ4v) is 4.86. The van der Waals surface area contributed by atoms with Gasteiger partial charge in [0.05, 0.1) is 31.0 Å². The maximum atomic E-state index is 12.5. The summed E-state index contributed by atoms with van der Waals surface area (Å²) in [6.07, 6.45) is 18.5. The molecule has 0 aromatic rings. The first-order chi connectivity index (χ1) is 17.3. The van der Waals surface area contributed by atoms with Gasteiger partial charge in [0.2, 0.25) is 0 Å². The molecule has 6 nitrogen and oxygen atoms in total. The molecule has 36 heavy (non-hydrogen) atoms. The third-order valence-electron chi connectivity index (χ3n) is 6.70. The fraction of sp³-hybridized carbons (Fsp3) is 0.567. The topological polar surface area (TPSA) is 85.2 Å². The first kappa shape index (κ1) is 28.3. The van der Waals surface area contributed by atoms with Gasteiger partial charge in [-0.1, -0.05) is 73.3 Å². The molecule has 3 aliphatic heterocycles. The number of hydrogen-bond acceptors (Lipinski definition) is 6. The Morgan fingerprint density at radius 1 is 1.11 bits per heavy atom. The maximum absolute atomic E-state index is 12.5. The van der Waals surface area contributed by atoms with Gasteiger partial charge in [-0.3, -0.25) is 0 Å². The van der Waals surface area contributed by atoms with Crippen LogP contribution < -0.4 is 0 Å². The molecule has 2 bridgehead atoms. The Balaban J connectivity index is 1.70. The third kappa shape index (κ3) is 10.0. The van der Waals surface area contributed by atoms with Crippen molar-refractivity contribution in [3.63, 3.8) is 0 Å². The Hall–Kier alpha value is -2.25. The van der Waals surface area contributed by atoms with Crippen LogP contribution in [0.4, 0.5) is 0 Å². The van der Waals surface area contributed by atoms with Crippen LogP contribution in [-0.4, -0.2) is 59.4 Å². The molecule has 0 spiro atoms. The lowest BCUT2D eigenvalue weighted by atomic mass is 9.91. The molecule has 2 N–H and O–H groups in total. The van der Waals surface area contributed by atoms with E-state index in [1.807, 2.05) is 18.2 Å². The third-order valence-corrected chi connectivity index (χ3v) is 6.70. The van der Waals surface area contributed by atoms with Gasteiger partial charge in [0.1, 0.15) is 12.2 Å². The van der Waals surface area contributed by atoms with Crippen molar-refractivity contribution < 1.29 is 29.2 Å². The Bertz CT molecular complexity index is 882. The predicted octanol–water partition coefficient (Wildman–Crippen LogP) is 4.89. The van der Waals surface area contributed by atoms with Crippen molar-refractivity contribution in [3.05, 3.63) is 72.4 Å². The Morgan fingerprint density at radius 3 is 2.72 bits per heavy atom. The summed E-state index contributed by atoms with van der Waals surface area (Å²) in [5.41, 5.74) is 2.24. The van der Waals surface area contributed by atoms with Gasteiger partial charge in [0.25, 0.3) is 0 Å². The average Bonchev–Trinajstić information content (AvgIpc) is 2.81. The summed E-state index contributed by atoms with van der Waals surface area (Å²) < 4.78 is 17.5. The van der Waals surface area contributed by atoms with Crippen molar-refractivity contribution in [1.29, 1.82) is 0 Å². The summed E-state index contributed by atoms with van der Waals surface area (Å²) in [6.45, 7) is 8.95. The molecule has 0 radical (unpaired) electrons. The van der Waals surface area contributed by atoms with E-state index < -0.39 is 24.3 Å². The van der Waals surface area contributed by atoms with E-state index in [4.69, 9.17) is 14.2 Å². The van der Waals surface area contributed by atoms with Crippen molar-refractivity contribution in [1.82, 2.24) is 0 Å². The van der Waals surface area contributed by atoms with E-state index in [1.165, 1.54) is 11.6 Å². The van der Waals surface area contributed by atoms with Crippen molar-refractivity contribution in [2.75, 3.05) is 6.61 Å². The normalized spacial score (nSPS) is 35.8. The van der Waals surface area contributed by atoms with Crippen molar-refractivity contribution >= 4 is 5.97 Å². The summed E-state index contributed by atoms with van der Waals surface area (Å²) in [4.78, 5) is 12.5. The number of esters is 1. The van der Waals surface area contributed by atoms with E-state index in [9.17, 15) is 15.0 Å². The van der Waals surface area contributed by atoms with Crippen molar-refractivity contribution in [2.45, 2.75) is 95.4 Å². The molecule has 0 amide bonds. The van der Waals surface area contributed by atoms with E-state index >= 15 is 0 Å². The highest BCUT2D eigenvalue weighted by atomic mass is 16.6. The smallest absolute Gasteiger partial charge is 0.330 e. The molecule has 3 rings (SSSR count). The van der Waals surface area contributed by atoms with Crippen LogP contribution in [0, 0.1) is 5.92 Å². The molecule has 7 atom stereocenters. The number of aliphatic hydroxyl groups is 2. The van der Waals surface area contributed by atoms with Gasteiger partial charge in [0, 0.05) is 12.5 Å². The SMILES string of the molecule is C=C1CC(O)/C=C/CC(C(O)/C=C/C2CC(C)=CCO2)OC(=O)/C=C\C[C@@H]2C=CCC(CC(C)C1)O2. The van der Waals surface area contributed by atoms with E-state index in [0.29, 0.717) is 25.4 Å². The molecule has 0 aromatic carbocycles. The summed E-state index contributed by atoms with van der Waals surface area (Å²) in [5, 5.41) is 21.3. The van der Waals surface area contributed by atoms with E-state index in [0.717, 1.165) is 31.3 Å². The minimum Gasteiger partial charge on any atom is -0.456 e. The summed E-state index contributed by atoms with van der Waals surface area (Å²) in [6, 6.07) is 0. The van der Waals surface area contributed by atoms with Crippen molar-refractivity contribution in [3.8, 4) is 0 Å². The zero-order valence-corrected chi connectivity index (χ0v) is 21.6. The monoisotopic (exact) mass is 498 g/mol. The number of carbonyl (C=O) groups excluding carboxylic acids is 1. The minimum atomic E-state index is -1.01. The molecule has 6 heteroatoms. The highest BCUT2D eigenvalue weighted by Gasteiger charge is 2.23. The summed E-state index contributed by atoms with van der Waals surface area (Å²) >= 11 is 0. The van der Waals surface area contributed by atoms with Crippen LogP contribution in [0.15, 0.2) is 72.4 Å². The number of hydrogen-bond donors (Lipinski definition) is 2. The molecule has 3 heterocycles. The second-order valence-electron chi connectivity index (χ2n) is 10.3. The van der Waals surface area contributed by atoms with Gasteiger partial charge in [-0.25, -0.2) is 4.79 Å². The molecule has 198 valence electrons. The van der Waals surface area contributed by atoms with Crippen molar-refractivity contribution in [2.24, 2.45) is 5.92 Å². The lowest BCUT2D eigenvalue weighted by molar-refractivity contribution is -0.147. The van der Waals surface area contributed by atoms with E-state index in [-0.39, 0.29) is 24.7 Å². The average molecular weight is 499 g/mol. The summed E-state index contributed by atoms with van der Waals surface area (Å²) in [5.74, 6) is -0.123. The molecule has 3 aliphatic rings. The predicted molar refractivity (Wildman–Crippen MR) is 141 cm³/mol. The first-order valence-electron chi connectivity index (χ1n) is 13.1.